The van der Waals surface area contributed by atoms with E-state index >= 15 is 0 Å². The molecule has 0 aliphatic rings. The number of benzene rings is 6. The van der Waals surface area contributed by atoms with Crippen LogP contribution in [-0.4, -0.2) is 18.9 Å². The van der Waals surface area contributed by atoms with E-state index in [0.29, 0.717) is 5.95 Å². The molecule has 0 fully saturated rings. The molecule has 0 amide bonds. The maximum atomic E-state index is 5.31. The zero-order chi connectivity index (χ0) is 30.2. The minimum atomic E-state index is 0.650. The van der Waals surface area contributed by atoms with Crippen LogP contribution in [0.1, 0.15) is 0 Å². The van der Waals surface area contributed by atoms with Crippen LogP contribution in [0.5, 0.6) is 0 Å². The normalized spacial score (nSPS) is 11.9. The number of hydrogen-bond acceptors (Lipinski definition) is 2. The predicted molar refractivity (Wildman–Crippen MR) is 191 cm³/mol. The topological polar surface area (TPSA) is 35.1 Å². The van der Waals surface area contributed by atoms with Crippen molar-refractivity contribution in [3.05, 3.63) is 158 Å². The van der Waals surface area contributed by atoms with Gasteiger partial charge in [0.2, 0.25) is 5.95 Å². The summed E-state index contributed by atoms with van der Waals surface area (Å²) in [5.74, 6) is 0.650. The summed E-state index contributed by atoms with van der Waals surface area (Å²) in [5, 5.41) is 7.23. The van der Waals surface area contributed by atoms with Crippen LogP contribution in [0.2, 0.25) is 0 Å². The Morgan fingerprint density at radius 1 is 0.370 bits per heavy atom. The standard InChI is InChI=1S/C42H26N4/c1-3-13-27(14-4-1)35-26-36(28-15-5-2-6-16-28)44-42(43-35)46-38-22-12-10-20-32(38)34-24-23-33-30-18-8-9-19-31(30)39-25-29-17-7-11-21-37(29)45(39)40(33)41(34)46/h1-26H. The highest BCUT2D eigenvalue weighted by Gasteiger charge is 2.22. The van der Waals surface area contributed by atoms with Crippen molar-refractivity contribution in [2.45, 2.75) is 0 Å². The summed E-state index contributed by atoms with van der Waals surface area (Å²) in [6, 6.07) is 55.8. The van der Waals surface area contributed by atoms with Crippen LogP contribution in [0.3, 0.4) is 0 Å². The van der Waals surface area contributed by atoms with Crippen LogP contribution < -0.4 is 0 Å². The maximum absolute atomic E-state index is 5.31. The number of para-hydroxylation sites is 2. The summed E-state index contributed by atoms with van der Waals surface area (Å²) in [4.78, 5) is 10.6. The summed E-state index contributed by atoms with van der Waals surface area (Å²) in [6.07, 6.45) is 0. The molecule has 10 aromatic rings. The summed E-state index contributed by atoms with van der Waals surface area (Å²) < 4.78 is 4.73. The van der Waals surface area contributed by atoms with Gasteiger partial charge >= 0.3 is 0 Å². The van der Waals surface area contributed by atoms with Crippen molar-refractivity contribution in [1.29, 1.82) is 0 Å². The van der Waals surface area contributed by atoms with Crippen molar-refractivity contribution >= 4 is 59.9 Å². The van der Waals surface area contributed by atoms with E-state index in [1.165, 1.54) is 43.4 Å². The quantitative estimate of drug-likeness (QED) is 0.193. The number of fused-ring (bicyclic) bond motifs is 12. The molecular formula is C42H26N4. The smallest absolute Gasteiger partial charge is 0.235 e. The molecule has 0 atom stereocenters. The highest BCUT2D eigenvalue weighted by molar-refractivity contribution is 6.25. The fourth-order valence-electron chi connectivity index (χ4n) is 7.28. The fourth-order valence-corrected chi connectivity index (χ4v) is 7.28. The van der Waals surface area contributed by atoms with Crippen molar-refractivity contribution in [3.8, 4) is 28.5 Å². The van der Waals surface area contributed by atoms with Crippen molar-refractivity contribution in [2.75, 3.05) is 0 Å². The van der Waals surface area contributed by atoms with Crippen LogP contribution in [0.15, 0.2) is 158 Å². The Morgan fingerprint density at radius 2 is 0.891 bits per heavy atom. The van der Waals surface area contributed by atoms with Gasteiger partial charge in [0.25, 0.3) is 0 Å². The molecule has 0 aliphatic heterocycles. The monoisotopic (exact) mass is 586 g/mol. The molecule has 214 valence electrons. The first-order valence-corrected chi connectivity index (χ1v) is 15.6. The molecule has 0 radical (unpaired) electrons. The molecule has 0 unspecified atom stereocenters. The molecule has 4 aromatic heterocycles. The molecule has 0 N–H and O–H groups in total. The lowest BCUT2D eigenvalue weighted by Gasteiger charge is -2.15. The van der Waals surface area contributed by atoms with Gasteiger partial charge in [-0.2, -0.15) is 0 Å². The van der Waals surface area contributed by atoms with Gasteiger partial charge in [0.1, 0.15) is 0 Å². The van der Waals surface area contributed by atoms with Crippen molar-refractivity contribution in [1.82, 2.24) is 18.9 Å². The molecule has 4 heteroatoms. The minimum absolute atomic E-state index is 0.650. The third-order valence-electron chi connectivity index (χ3n) is 9.29. The Morgan fingerprint density at radius 3 is 1.57 bits per heavy atom. The number of pyridine rings is 1. The van der Waals surface area contributed by atoms with Crippen LogP contribution >= 0.6 is 0 Å². The number of rotatable bonds is 3. The molecule has 0 bridgehead atoms. The van der Waals surface area contributed by atoms with Gasteiger partial charge < -0.3 is 4.40 Å². The van der Waals surface area contributed by atoms with E-state index in [0.717, 1.165) is 39.1 Å². The molecule has 0 saturated carbocycles. The van der Waals surface area contributed by atoms with Gasteiger partial charge in [-0.05, 0) is 29.7 Å². The zero-order valence-electron chi connectivity index (χ0n) is 24.8. The Hall–Kier alpha value is -6.26. The molecule has 0 aliphatic carbocycles. The highest BCUT2D eigenvalue weighted by atomic mass is 15.2. The third-order valence-corrected chi connectivity index (χ3v) is 9.29. The first kappa shape index (κ1) is 25.1. The van der Waals surface area contributed by atoms with Gasteiger partial charge in [-0.3, -0.25) is 4.57 Å². The van der Waals surface area contributed by atoms with Crippen LogP contribution in [-0.2, 0) is 0 Å². The molecular weight excluding hydrogens is 560 g/mol. The number of hydrogen-bond donors (Lipinski definition) is 0. The van der Waals surface area contributed by atoms with E-state index in [9.17, 15) is 0 Å². The molecule has 10 rings (SSSR count). The van der Waals surface area contributed by atoms with Crippen molar-refractivity contribution in [2.24, 2.45) is 0 Å². The summed E-state index contributed by atoms with van der Waals surface area (Å²) in [6.45, 7) is 0. The molecule has 0 spiro atoms. The van der Waals surface area contributed by atoms with Gasteiger partial charge in [-0.1, -0.05) is 133 Å². The van der Waals surface area contributed by atoms with E-state index < -0.39 is 0 Å². The van der Waals surface area contributed by atoms with Gasteiger partial charge in [0.05, 0.1) is 39.0 Å². The first-order chi connectivity index (χ1) is 22.8. The Balaban J connectivity index is 1.44. The van der Waals surface area contributed by atoms with Crippen molar-refractivity contribution in [3.63, 3.8) is 0 Å². The molecule has 4 heterocycles. The van der Waals surface area contributed by atoms with Gasteiger partial charge in [0, 0.05) is 38.1 Å². The summed E-state index contributed by atoms with van der Waals surface area (Å²) in [5.41, 5.74) is 9.58. The zero-order valence-corrected chi connectivity index (χ0v) is 24.8. The highest BCUT2D eigenvalue weighted by Crippen LogP contribution is 2.41. The fraction of sp³-hybridized carbons (Fsp3) is 0. The van der Waals surface area contributed by atoms with E-state index in [-0.39, 0.29) is 0 Å². The molecule has 0 saturated heterocycles. The van der Waals surface area contributed by atoms with E-state index in [1.54, 1.807) is 0 Å². The molecule has 6 aromatic carbocycles. The average molecular weight is 587 g/mol. The van der Waals surface area contributed by atoms with E-state index in [2.05, 4.69) is 155 Å². The summed E-state index contributed by atoms with van der Waals surface area (Å²) >= 11 is 0. The largest absolute Gasteiger partial charge is 0.307 e. The predicted octanol–water partition coefficient (Wildman–Crippen LogP) is 10.6. The Bertz CT molecular complexity index is 2730. The third kappa shape index (κ3) is 3.55. The average Bonchev–Trinajstić information content (AvgIpc) is 3.69. The second kappa shape index (κ2) is 9.62. The Labute approximate surface area is 264 Å². The lowest BCUT2D eigenvalue weighted by Crippen LogP contribution is -2.05. The minimum Gasteiger partial charge on any atom is -0.307 e. The lowest BCUT2D eigenvalue weighted by atomic mass is 10.0. The second-order valence-electron chi connectivity index (χ2n) is 11.9. The van der Waals surface area contributed by atoms with Crippen LogP contribution in [0.4, 0.5) is 0 Å². The van der Waals surface area contributed by atoms with Crippen LogP contribution in [0, 0.1) is 0 Å². The summed E-state index contributed by atoms with van der Waals surface area (Å²) in [7, 11) is 0. The maximum Gasteiger partial charge on any atom is 0.235 e. The first-order valence-electron chi connectivity index (χ1n) is 15.6. The SMILES string of the molecule is c1ccc(-c2cc(-c3ccccc3)nc(-n3c4ccccc4c4ccc5c6ccccc6c6cc7ccccc7n6c5c43)n2)cc1. The second-order valence-corrected chi connectivity index (χ2v) is 11.9. The molecule has 4 nitrogen and oxygen atoms in total. The van der Waals surface area contributed by atoms with Gasteiger partial charge in [0.15, 0.2) is 0 Å². The Kier molecular flexibility index (Phi) is 5.25. The van der Waals surface area contributed by atoms with Gasteiger partial charge in [-0.25, -0.2) is 9.97 Å². The molecule has 46 heavy (non-hydrogen) atoms. The van der Waals surface area contributed by atoms with Gasteiger partial charge in [-0.15, -0.1) is 0 Å². The lowest BCUT2D eigenvalue weighted by molar-refractivity contribution is 0.996. The van der Waals surface area contributed by atoms with E-state index in [1.807, 2.05) is 12.1 Å². The van der Waals surface area contributed by atoms with E-state index in [4.69, 9.17) is 9.97 Å². The number of nitrogens with zero attached hydrogens (tertiary/aromatic N) is 4. The number of aromatic nitrogens is 4. The van der Waals surface area contributed by atoms with Crippen molar-refractivity contribution < 1.29 is 0 Å². The van der Waals surface area contributed by atoms with Crippen LogP contribution in [0.25, 0.3) is 88.4 Å².